The van der Waals surface area contributed by atoms with Gasteiger partial charge in [0.25, 0.3) is 0 Å². The van der Waals surface area contributed by atoms with Crippen molar-refractivity contribution in [2.45, 2.75) is 26.7 Å². The van der Waals surface area contributed by atoms with Gasteiger partial charge in [0.1, 0.15) is 0 Å². The molecule has 2 aromatic heterocycles. The summed E-state index contributed by atoms with van der Waals surface area (Å²) in [6.07, 6.45) is 4.26. The first kappa shape index (κ1) is 12.9. The maximum Gasteiger partial charge on any atom is 0.195 e. The van der Waals surface area contributed by atoms with Crippen molar-refractivity contribution in [3.05, 3.63) is 17.3 Å². The predicted molar refractivity (Wildman–Crippen MR) is 81.0 cm³/mol. The lowest BCUT2D eigenvalue weighted by molar-refractivity contribution is 0.322. The Balaban J connectivity index is 1.95. The molecule has 3 heterocycles. The molecule has 19 heavy (non-hydrogen) atoms. The van der Waals surface area contributed by atoms with Gasteiger partial charge in [-0.25, -0.2) is 4.98 Å². The molecule has 1 aliphatic heterocycles. The number of piperidine rings is 1. The Morgan fingerprint density at radius 2 is 2.26 bits per heavy atom. The molecule has 2 N–H and O–H groups in total. The standard InChI is InChI=1S/C14H22N4S/c1-10-4-6-17(9-11(10)2)13-12(3-5-15)18-7-8-19-14(18)16-13/h7-8,10-11H,3-6,9,15H2,1-2H3. The number of hydrogen-bond donors (Lipinski definition) is 1. The summed E-state index contributed by atoms with van der Waals surface area (Å²) in [4.78, 5) is 8.37. The summed E-state index contributed by atoms with van der Waals surface area (Å²) in [6, 6.07) is 0. The van der Waals surface area contributed by atoms with Crippen LogP contribution in [-0.2, 0) is 6.42 Å². The van der Waals surface area contributed by atoms with E-state index in [1.807, 2.05) is 0 Å². The average molecular weight is 278 g/mol. The first-order chi connectivity index (χ1) is 9.20. The van der Waals surface area contributed by atoms with E-state index in [1.165, 1.54) is 12.1 Å². The van der Waals surface area contributed by atoms with E-state index >= 15 is 0 Å². The molecule has 2 atom stereocenters. The second kappa shape index (κ2) is 5.13. The van der Waals surface area contributed by atoms with Gasteiger partial charge in [-0.05, 0) is 24.8 Å². The molecule has 2 aromatic rings. The van der Waals surface area contributed by atoms with Gasteiger partial charge >= 0.3 is 0 Å². The number of hydrogen-bond acceptors (Lipinski definition) is 4. The maximum absolute atomic E-state index is 5.77. The summed E-state index contributed by atoms with van der Waals surface area (Å²) in [5.74, 6) is 2.72. The van der Waals surface area contributed by atoms with Crippen LogP contribution in [0.4, 0.5) is 5.82 Å². The van der Waals surface area contributed by atoms with Crippen LogP contribution in [0.5, 0.6) is 0 Å². The first-order valence-electron chi connectivity index (χ1n) is 7.10. The molecule has 5 heteroatoms. The van der Waals surface area contributed by atoms with Crippen LogP contribution < -0.4 is 10.6 Å². The number of aromatic nitrogens is 2. The molecule has 0 spiro atoms. The predicted octanol–water partition coefficient (Wildman–Crippen LogP) is 2.38. The van der Waals surface area contributed by atoms with Gasteiger partial charge < -0.3 is 10.6 Å². The zero-order chi connectivity index (χ0) is 13.4. The topological polar surface area (TPSA) is 46.6 Å². The molecule has 0 saturated carbocycles. The number of nitrogens with two attached hydrogens (primary N) is 1. The zero-order valence-electron chi connectivity index (χ0n) is 11.7. The number of anilines is 1. The Hall–Kier alpha value is -1.07. The van der Waals surface area contributed by atoms with Crippen LogP contribution in [0.25, 0.3) is 4.96 Å². The second-order valence-corrected chi connectivity index (χ2v) is 6.54. The molecule has 1 saturated heterocycles. The van der Waals surface area contributed by atoms with Crippen molar-refractivity contribution in [3.8, 4) is 0 Å². The Morgan fingerprint density at radius 3 is 3.00 bits per heavy atom. The molecule has 3 rings (SSSR count). The van der Waals surface area contributed by atoms with Crippen LogP contribution in [0, 0.1) is 11.8 Å². The molecule has 104 valence electrons. The van der Waals surface area contributed by atoms with E-state index in [9.17, 15) is 0 Å². The van der Waals surface area contributed by atoms with Crippen molar-refractivity contribution in [2.24, 2.45) is 17.6 Å². The number of imidazole rings is 1. The van der Waals surface area contributed by atoms with Crippen molar-refractivity contribution in [1.82, 2.24) is 9.38 Å². The highest BCUT2D eigenvalue weighted by molar-refractivity contribution is 7.15. The number of nitrogens with zero attached hydrogens (tertiary/aromatic N) is 3. The normalized spacial score (nSPS) is 24.3. The first-order valence-corrected chi connectivity index (χ1v) is 7.98. The fourth-order valence-electron chi connectivity index (χ4n) is 2.90. The summed E-state index contributed by atoms with van der Waals surface area (Å²) in [7, 11) is 0. The highest BCUT2D eigenvalue weighted by Gasteiger charge is 2.26. The van der Waals surface area contributed by atoms with Crippen molar-refractivity contribution >= 4 is 22.1 Å². The van der Waals surface area contributed by atoms with Gasteiger partial charge in [-0.3, -0.25) is 4.40 Å². The van der Waals surface area contributed by atoms with Gasteiger partial charge in [0.15, 0.2) is 10.8 Å². The van der Waals surface area contributed by atoms with Gasteiger partial charge in [-0.2, -0.15) is 0 Å². The minimum atomic E-state index is 0.677. The third-order valence-corrected chi connectivity index (χ3v) is 5.11. The Morgan fingerprint density at radius 1 is 1.42 bits per heavy atom. The van der Waals surface area contributed by atoms with Gasteiger partial charge in [-0.1, -0.05) is 13.8 Å². The molecule has 0 aromatic carbocycles. The van der Waals surface area contributed by atoms with E-state index in [2.05, 4.69) is 34.7 Å². The summed E-state index contributed by atoms with van der Waals surface area (Å²) in [5, 5.41) is 2.09. The van der Waals surface area contributed by atoms with Crippen LogP contribution in [0.3, 0.4) is 0 Å². The van der Waals surface area contributed by atoms with Crippen LogP contribution in [0.1, 0.15) is 26.0 Å². The molecule has 2 unspecified atom stereocenters. The molecule has 1 aliphatic rings. The Bertz CT molecular complexity index is 559. The van der Waals surface area contributed by atoms with E-state index in [-0.39, 0.29) is 0 Å². The van der Waals surface area contributed by atoms with Gasteiger partial charge in [0.05, 0.1) is 5.69 Å². The van der Waals surface area contributed by atoms with E-state index in [4.69, 9.17) is 10.7 Å². The number of thiazole rings is 1. The van der Waals surface area contributed by atoms with E-state index in [0.717, 1.165) is 42.1 Å². The molecular formula is C14H22N4S. The van der Waals surface area contributed by atoms with E-state index in [0.29, 0.717) is 6.54 Å². The smallest absolute Gasteiger partial charge is 0.195 e. The lowest BCUT2D eigenvalue weighted by atomic mass is 9.88. The third kappa shape index (κ3) is 2.25. The molecule has 0 bridgehead atoms. The summed E-state index contributed by atoms with van der Waals surface area (Å²) < 4.78 is 2.20. The zero-order valence-corrected chi connectivity index (χ0v) is 12.5. The highest BCUT2D eigenvalue weighted by Crippen LogP contribution is 2.30. The quantitative estimate of drug-likeness (QED) is 0.937. The Labute approximate surface area is 118 Å². The fraction of sp³-hybridized carbons (Fsp3) is 0.643. The number of rotatable bonds is 3. The summed E-state index contributed by atoms with van der Waals surface area (Å²) in [6.45, 7) is 7.61. The van der Waals surface area contributed by atoms with Crippen LogP contribution in [0.2, 0.25) is 0 Å². The average Bonchev–Trinajstić information content (AvgIpc) is 2.96. The van der Waals surface area contributed by atoms with E-state index in [1.54, 1.807) is 11.3 Å². The molecule has 0 radical (unpaired) electrons. The molecule has 0 amide bonds. The molecule has 0 aliphatic carbocycles. The van der Waals surface area contributed by atoms with E-state index < -0.39 is 0 Å². The van der Waals surface area contributed by atoms with Gasteiger partial charge in [-0.15, -0.1) is 11.3 Å². The van der Waals surface area contributed by atoms with Crippen LogP contribution in [-0.4, -0.2) is 29.0 Å². The second-order valence-electron chi connectivity index (χ2n) is 5.67. The third-order valence-electron chi connectivity index (χ3n) is 4.35. The van der Waals surface area contributed by atoms with Crippen molar-refractivity contribution < 1.29 is 0 Å². The lowest BCUT2D eigenvalue weighted by Gasteiger charge is -2.36. The fourth-order valence-corrected chi connectivity index (χ4v) is 3.63. The summed E-state index contributed by atoms with van der Waals surface area (Å²) >= 11 is 1.70. The molecular weight excluding hydrogens is 256 g/mol. The molecule has 4 nitrogen and oxygen atoms in total. The molecule has 1 fully saturated rings. The maximum atomic E-state index is 5.77. The SMILES string of the molecule is CC1CCN(c2nc3sccn3c2CCN)CC1C. The van der Waals surface area contributed by atoms with Crippen molar-refractivity contribution in [2.75, 3.05) is 24.5 Å². The minimum Gasteiger partial charge on any atom is -0.355 e. The van der Waals surface area contributed by atoms with Crippen molar-refractivity contribution in [1.29, 1.82) is 0 Å². The summed E-state index contributed by atoms with van der Waals surface area (Å²) in [5.41, 5.74) is 7.05. The minimum absolute atomic E-state index is 0.677. The Kier molecular flexibility index (Phi) is 3.50. The lowest BCUT2D eigenvalue weighted by Crippen LogP contribution is -2.39. The number of fused-ring (bicyclic) bond motifs is 1. The van der Waals surface area contributed by atoms with Crippen LogP contribution >= 0.6 is 11.3 Å². The van der Waals surface area contributed by atoms with Crippen molar-refractivity contribution in [3.63, 3.8) is 0 Å². The highest BCUT2D eigenvalue weighted by atomic mass is 32.1. The van der Waals surface area contributed by atoms with Gasteiger partial charge in [0, 0.05) is 31.1 Å². The monoisotopic (exact) mass is 278 g/mol. The van der Waals surface area contributed by atoms with Crippen LogP contribution in [0.15, 0.2) is 11.6 Å². The van der Waals surface area contributed by atoms with Gasteiger partial charge in [0.2, 0.25) is 0 Å². The largest absolute Gasteiger partial charge is 0.355 e.